The fourth-order valence-corrected chi connectivity index (χ4v) is 1.78. The summed E-state index contributed by atoms with van der Waals surface area (Å²) in [4.78, 5) is 13.6. The summed E-state index contributed by atoms with van der Waals surface area (Å²) in [5.41, 5.74) is 0. The average Bonchev–Trinajstić information content (AvgIpc) is 2.30. The molecular formula is C11H22N2O3. The summed E-state index contributed by atoms with van der Waals surface area (Å²) in [6, 6.07) is -0.0180. The van der Waals surface area contributed by atoms with Gasteiger partial charge in [-0.15, -0.1) is 0 Å². The average molecular weight is 230 g/mol. The van der Waals surface area contributed by atoms with Crippen molar-refractivity contribution in [3.8, 4) is 0 Å². The maximum Gasteiger partial charge on any atom is 0.317 e. The number of aliphatic hydroxyl groups is 1. The highest BCUT2D eigenvalue weighted by atomic mass is 16.5. The Labute approximate surface area is 96.8 Å². The number of nitrogens with zero attached hydrogens (tertiary/aromatic N) is 1. The standard InChI is InChI=1S/C11H22N2O3/c1-2-3-5-12-11(15)13-6-8-16-9-10(13)4-7-14/h10,14H,2-9H2,1H3,(H,12,15). The molecule has 0 radical (unpaired) electrons. The van der Waals surface area contributed by atoms with Gasteiger partial charge in [-0.25, -0.2) is 4.79 Å². The van der Waals surface area contributed by atoms with Crippen LogP contribution in [0.2, 0.25) is 0 Å². The van der Waals surface area contributed by atoms with E-state index in [1.165, 1.54) is 0 Å². The molecule has 0 bridgehead atoms. The van der Waals surface area contributed by atoms with Crippen molar-refractivity contribution < 1.29 is 14.6 Å². The van der Waals surface area contributed by atoms with Crippen molar-refractivity contribution in [2.75, 3.05) is 32.9 Å². The fourth-order valence-electron chi connectivity index (χ4n) is 1.78. The van der Waals surface area contributed by atoms with Gasteiger partial charge in [0.1, 0.15) is 0 Å². The van der Waals surface area contributed by atoms with Crippen molar-refractivity contribution in [2.24, 2.45) is 0 Å². The minimum Gasteiger partial charge on any atom is -0.396 e. The number of hydrogen-bond donors (Lipinski definition) is 2. The van der Waals surface area contributed by atoms with Crippen LogP contribution in [0.15, 0.2) is 0 Å². The lowest BCUT2D eigenvalue weighted by molar-refractivity contribution is 0.00438. The van der Waals surface area contributed by atoms with E-state index < -0.39 is 0 Å². The first kappa shape index (κ1) is 13.3. The summed E-state index contributed by atoms with van der Waals surface area (Å²) in [5.74, 6) is 0. The van der Waals surface area contributed by atoms with Gasteiger partial charge in [0.25, 0.3) is 0 Å². The Balaban J connectivity index is 2.37. The molecule has 5 nitrogen and oxygen atoms in total. The monoisotopic (exact) mass is 230 g/mol. The topological polar surface area (TPSA) is 61.8 Å². The lowest BCUT2D eigenvalue weighted by Crippen LogP contribution is -2.52. The number of unbranched alkanes of at least 4 members (excludes halogenated alkanes) is 1. The number of rotatable bonds is 5. The number of aliphatic hydroxyl groups excluding tert-OH is 1. The first-order valence-corrected chi connectivity index (χ1v) is 6.02. The zero-order valence-electron chi connectivity index (χ0n) is 9.95. The summed E-state index contributed by atoms with van der Waals surface area (Å²) in [6.45, 7) is 4.63. The van der Waals surface area contributed by atoms with Gasteiger partial charge in [0, 0.05) is 19.7 Å². The Morgan fingerprint density at radius 2 is 2.44 bits per heavy atom. The Morgan fingerprint density at radius 3 is 3.12 bits per heavy atom. The van der Waals surface area contributed by atoms with E-state index in [4.69, 9.17) is 9.84 Å². The van der Waals surface area contributed by atoms with Crippen LogP contribution in [0.1, 0.15) is 26.2 Å². The Bertz CT molecular complexity index is 209. The number of carbonyl (C=O) groups excluding carboxylic acids is 1. The number of urea groups is 1. The van der Waals surface area contributed by atoms with E-state index in [9.17, 15) is 4.79 Å². The van der Waals surface area contributed by atoms with Crippen LogP contribution in [0.5, 0.6) is 0 Å². The maximum atomic E-state index is 11.8. The van der Waals surface area contributed by atoms with Crippen LogP contribution in [0, 0.1) is 0 Å². The molecule has 1 rings (SSSR count). The van der Waals surface area contributed by atoms with Gasteiger partial charge in [0.05, 0.1) is 19.3 Å². The lowest BCUT2D eigenvalue weighted by atomic mass is 10.2. The number of carbonyl (C=O) groups is 1. The van der Waals surface area contributed by atoms with Crippen LogP contribution in [0.4, 0.5) is 4.79 Å². The molecule has 1 fully saturated rings. The molecule has 2 amide bonds. The number of nitrogens with one attached hydrogen (secondary N) is 1. The molecule has 1 unspecified atom stereocenters. The highest BCUT2D eigenvalue weighted by Gasteiger charge is 2.26. The van der Waals surface area contributed by atoms with Crippen LogP contribution in [0.3, 0.4) is 0 Å². The third-order valence-electron chi connectivity index (χ3n) is 2.76. The normalized spacial score (nSPS) is 20.9. The molecule has 0 aromatic heterocycles. The first-order valence-electron chi connectivity index (χ1n) is 6.02. The quantitative estimate of drug-likeness (QED) is 0.679. The number of ether oxygens (including phenoxy) is 1. The van der Waals surface area contributed by atoms with Gasteiger partial charge in [-0.05, 0) is 12.8 Å². The summed E-state index contributed by atoms with van der Waals surface area (Å²) in [6.07, 6.45) is 2.66. The number of morpholine rings is 1. The number of hydrogen-bond acceptors (Lipinski definition) is 3. The molecule has 0 spiro atoms. The molecule has 0 aromatic rings. The molecule has 0 aromatic carbocycles. The lowest BCUT2D eigenvalue weighted by Gasteiger charge is -2.35. The highest BCUT2D eigenvalue weighted by Crippen LogP contribution is 2.10. The van der Waals surface area contributed by atoms with Gasteiger partial charge in [0.15, 0.2) is 0 Å². The van der Waals surface area contributed by atoms with Crippen molar-refractivity contribution in [3.05, 3.63) is 0 Å². The van der Waals surface area contributed by atoms with Gasteiger partial charge in [-0.1, -0.05) is 13.3 Å². The molecule has 1 aliphatic heterocycles. The second-order valence-electron chi connectivity index (χ2n) is 4.02. The van der Waals surface area contributed by atoms with Crippen LogP contribution in [0.25, 0.3) is 0 Å². The second kappa shape index (κ2) is 7.46. The van der Waals surface area contributed by atoms with Gasteiger partial charge in [-0.2, -0.15) is 0 Å². The molecule has 1 heterocycles. The minimum absolute atomic E-state index is 0.0142. The van der Waals surface area contributed by atoms with E-state index in [1.54, 1.807) is 4.90 Å². The van der Waals surface area contributed by atoms with E-state index in [2.05, 4.69) is 12.2 Å². The summed E-state index contributed by atoms with van der Waals surface area (Å²) in [7, 11) is 0. The fraction of sp³-hybridized carbons (Fsp3) is 0.909. The summed E-state index contributed by atoms with van der Waals surface area (Å²) >= 11 is 0. The van der Waals surface area contributed by atoms with Crippen LogP contribution in [-0.2, 0) is 4.74 Å². The predicted molar refractivity (Wildman–Crippen MR) is 61.3 cm³/mol. The predicted octanol–water partition coefficient (Wildman–Crippen LogP) is 0.579. The van der Waals surface area contributed by atoms with Gasteiger partial charge < -0.3 is 20.1 Å². The SMILES string of the molecule is CCCCNC(=O)N1CCOCC1CCO. The van der Waals surface area contributed by atoms with Gasteiger partial charge in [-0.3, -0.25) is 0 Å². The van der Waals surface area contributed by atoms with Gasteiger partial charge >= 0.3 is 6.03 Å². The van der Waals surface area contributed by atoms with E-state index in [-0.39, 0.29) is 18.7 Å². The van der Waals surface area contributed by atoms with Crippen molar-refractivity contribution in [1.29, 1.82) is 0 Å². The molecular weight excluding hydrogens is 208 g/mol. The van der Waals surface area contributed by atoms with Crippen LogP contribution >= 0.6 is 0 Å². The smallest absolute Gasteiger partial charge is 0.317 e. The van der Waals surface area contributed by atoms with Crippen molar-refractivity contribution >= 4 is 6.03 Å². The third-order valence-corrected chi connectivity index (χ3v) is 2.76. The van der Waals surface area contributed by atoms with Crippen LogP contribution < -0.4 is 5.32 Å². The Morgan fingerprint density at radius 1 is 1.62 bits per heavy atom. The largest absolute Gasteiger partial charge is 0.396 e. The first-order chi connectivity index (χ1) is 7.79. The molecule has 2 N–H and O–H groups in total. The zero-order valence-corrected chi connectivity index (χ0v) is 9.95. The summed E-state index contributed by atoms with van der Waals surface area (Å²) < 4.78 is 5.31. The van der Waals surface area contributed by atoms with Crippen molar-refractivity contribution in [3.63, 3.8) is 0 Å². The highest BCUT2D eigenvalue weighted by molar-refractivity contribution is 5.74. The van der Waals surface area contributed by atoms with E-state index in [0.29, 0.717) is 26.2 Å². The Hall–Kier alpha value is -0.810. The second-order valence-corrected chi connectivity index (χ2v) is 4.02. The van der Waals surface area contributed by atoms with E-state index in [0.717, 1.165) is 19.4 Å². The van der Waals surface area contributed by atoms with Crippen molar-refractivity contribution in [1.82, 2.24) is 10.2 Å². The van der Waals surface area contributed by atoms with E-state index in [1.807, 2.05) is 0 Å². The Kier molecular flexibility index (Phi) is 6.18. The van der Waals surface area contributed by atoms with Gasteiger partial charge in [0.2, 0.25) is 0 Å². The molecule has 0 aliphatic carbocycles. The molecule has 94 valence electrons. The minimum atomic E-state index is -0.0322. The molecule has 0 saturated carbocycles. The van der Waals surface area contributed by atoms with E-state index >= 15 is 0 Å². The zero-order chi connectivity index (χ0) is 11.8. The molecule has 5 heteroatoms. The van der Waals surface area contributed by atoms with Crippen LogP contribution in [-0.4, -0.2) is 55.0 Å². The third kappa shape index (κ3) is 3.98. The molecule has 1 aliphatic rings. The van der Waals surface area contributed by atoms with Crippen molar-refractivity contribution in [2.45, 2.75) is 32.2 Å². The maximum absolute atomic E-state index is 11.8. The molecule has 1 saturated heterocycles. The number of amides is 2. The summed E-state index contributed by atoms with van der Waals surface area (Å²) in [5, 5.41) is 11.8. The molecule has 16 heavy (non-hydrogen) atoms. The molecule has 1 atom stereocenters.